The second-order valence-corrected chi connectivity index (χ2v) is 5.52. The molecule has 0 bridgehead atoms. The molecule has 1 aliphatic heterocycles. The van der Waals surface area contributed by atoms with Crippen molar-refractivity contribution in [3.8, 4) is 5.75 Å². The van der Waals surface area contributed by atoms with E-state index < -0.39 is 5.82 Å². The second kappa shape index (κ2) is 4.56. The van der Waals surface area contributed by atoms with Gasteiger partial charge in [-0.3, -0.25) is 0 Å². The SMILES string of the molecule is COc1cc(N2CC3CCC(O)C3C2)c(N)cc1F. The molecule has 0 aromatic heterocycles. The zero-order chi connectivity index (χ0) is 13.6. The van der Waals surface area contributed by atoms with Crippen molar-refractivity contribution < 1.29 is 14.2 Å². The number of aliphatic hydroxyl groups is 1. The maximum Gasteiger partial charge on any atom is 0.167 e. The number of benzene rings is 1. The van der Waals surface area contributed by atoms with Gasteiger partial charge in [0.2, 0.25) is 0 Å². The topological polar surface area (TPSA) is 58.7 Å². The van der Waals surface area contributed by atoms with Crippen LogP contribution in [0.4, 0.5) is 15.8 Å². The molecule has 3 unspecified atom stereocenters. The highest BCUT2D eigenvalue weighted by Crippen LogP contribution is 2.42. The number of methoxy groups -OCH3 is 1. The normalized spacial score (nSPS) is 29.6. The Bertz CT molecular complexity index is 495. The van der Waals surface area contributed by atoms with E-state index in [1.807, 2.05) is 0 Å². The van der Waals surface area contributed by atoms with Crippen molar-refractivity contribution in [2.45, 2.75) is 18.9 Å². The van der Waals surface area contributed by atoms with E-state index in [4.69, 9.17) is 10.5 Å². The lowest BCUT2D eigenvalue weighted by atomic mass is 10.00. The predicted molar refractivity (Wildman–Crippen MR) is 71.8 cm³/mol. The fourth-order valence-electron chi connectivity index (χ4n) is 3.42. The third kappa shape index (κ3) is 2.02. The fraction of sp³-hybridized carbons (Fsp3) is 0.571. The van der Waals surface area contributed by atoms with Crippen molar-refractivity contribution in [3.63, 3.8) is 0 Å². The molecule has 3 rings (SSSR count). The van der Waals surface area contributed by atoms with E-state index in [9.17, 15) is 9.50 Å². The maximum absolute atomic E-state index is 13.5. The molecule has 5 heteroatoms. The molecule has 1 heterocycles. The average molecular weight is 266 g/mol. The van der Waals surface area contributed by atoms with Crippen LogP contribution in [0, 0.1) is 17.7 Å². The lowest BCUT2D eigenvalue weighted by Gasteiger charge is -2.23. The molecule has 104 valence electrons. The number of halogens is 1. The molecule has 4 nitrogen and oxygen atoms in total. The number of anilines is 2. The van der Waals surface area contributed by atoms with Gasteiger partial charge in [0, 0.05) is 31.1 Å². The van der Waals surface area contributed by atoms with Crippen LogP contribution < -0.4 is 15.4 Å². The van der Waals surface area contributed by atoms with Gasteiger partial charge in [-0.05, 0) is 18.8 Å². The lowest BCUT2D eigenvalue weighted by Crippen LogP contribution is -2.25. The molecule has 2 aliphatic rings. The molecule has 1 aromatic carbocycles. The summed E-state index contributed by atoms with van der Waals surface area (Å²) < 4.78 is 18.6. The predicted octanol–water partition coefficient (Wildman–Crippen LogP) is 1.62. The van der Waals surface area contributed by atoms with Crippen LogP contribution in [0.2, 0.25) is 0 Å². The number of nitrogens with zero attached hydrogens (tertiary/aromatic N) is 1. The minimum Gasteiger partial charge on any atom is -0.494 e. The molecule has 1 aromatic rings. The summed E-state index contributed by atoms with van der Waals surface area (Å²) in [6.07, 6.45) is 1.74. The van der Waals surface area contributed by atoms with Crippen molar-refractivity contribution in [1.29, 1.82) is 0 Å². The molecule has 3 atom stereocenters. The summed E-state index contributed by atoms with van der Waals surface area (Å²) in [5.41, 5.74) is 7.14. The maximum atomic E-state index is 13.5. The Balaban J connectivity index is 1.87. The van der Waals surface area contributed by atoms with Gasteiger partial charge < -0.3 is 20.5 Å². The Morgan fingerprint density at radius 2 is 2.16 bits per heavy atom. The molecule has 3 N–H and O–H groups in total. The summed E-state index contributed by atoms with van der Waals surface area (Å²) in [4.78, 5) is 2.13. The number of ether oxygens (including phenoxy) is 1. The van der Waals surface area contributed by atoms with Crippen LogP contribution in [-0.2, 0) is 0 Å². The molecule has 1 saturated heterocycles. The van der Waals surface area contributed by atoms with Gasteiger partial charge in [0.15, 0.2) is 11.6 Å². The van der Waals surface area contributed by atoms with Gasteiger partial charge in [-0.1, -0.05) is 0 Å². The standard InChI is InChI=1S/C14H19FN2O2/c1-19-14-5-12(11(16)4-10(14)15)17-6-8-2-3-13(18)9(8)7-17/h4-5,8-9,13,18H,2-3,6-7,16H2,1H3. The number of hydrogen-bond acceptors (Lipinski definition) is 4. The summed E-state index contributed by atoms with van der Waals surface area (Å²) in [6, 6.07) is 2.96. The zero-order valence-electron chi connectivity index (χ0n) is 11.0. The molecule has 0 spiro atoms. The molecular weight excluding hydrogens is 247 g/mol. The third-order valence-corrected chi connectivity index (χ3v) is 4.46. The van der Waals surface area contributed by atoms with Gasteiger partial charge in [-0.2, -0.15) is 0 Å². The third-order valence-electron chi connectivity index (χ3n) is 4.46. The number of fused-ring (bicyclic) bond motifs is 1. The summed E-state index contributed by atoms with van der Waals surface area (Å²) in [5.74, 6) is 0.603. The van der Waals surface area contributed by atoms with E-state index in [1.165, 1.54) is 13.2 Å². The minimum absolute atomic E-state index is 0.210. The summed E-state index contributed by atoms with van der Waals surface area (Å²) >= 11 is 0. The Morgan fingerprint density at radius 1 is 1.37 bits per heavy atom. The highest BCUT2D eigenvalue weighted by Gasteiger charge is 2.42. The highest BCUT2D eigenvalue weighted by atomic mass is 19.1. The van der Waals surface area contributed by atoms with Crippen LogP contribution in [-0.4, -0.2) is 31.4 Å². The highest BCUT2D eigenvalue weighted by molar-refractivity contribution is 5.70. The molecule has 2 fully saturated rings. The van der Waals surface area contributed by atoms with Crippen molar-refractivity contribution in [1.82, 2.24) is 0 Å². The Kier molecular flexibility index (Phi) is 3.01. The summed E-state index contributed by atoms with van der Waals surface area (Å²) in [5, 5.41) is 9.94. The van der Waals surface area contributed by atoms with Crippen molar-refractivity contribution in [2.75, 3.05) is 30.8 Å². The number of rotatable bonds is 2. The van der Waals surface area contributed by atoms with Crippen LogP contribution in [0.3, 0.4) is 0 Å². The first kappa shape index (κ1) is 12.5. The largest absolute Gasteiger partial charge is 0.494 e. The first-order valence-electron chi connectivity index (χ1n) is 6.66. The van der Waals surface area contributed by atoms with Crippen LogP contribution >= 0.6 is 0 Å². The van der Waals surface area contributed by atoms with E-state index in [0.29, 0.717) is 17.5 Å². The summed E-state index contributed by atoms with van der Waals surface area (Å²) in [7, 11) is 1.45. The molecular formula is C14H19FN2O2. The van der Waals surface area contributed by atoms with Gasteiger partial charge in [0.1, 0.15) is 0 Å². The Morgan fingerprint density at radius 3 is 2.84 bits per heavy atom. The van der Waals surface area contributed by atoms with E-state index in [2.05, 4.69) is 4.90 Å². The van der Waals surface area contributed by atoms with Gasteiger partial charge in [-0.25, -0.2) is 4.39 Å². The molecule has 0 amide bonds. The van der Waals surface area contributed by atoms with Gasteiger partial charge >= 0.3 is 0 Å². The van der Waals surface area contributed by atoms with Crippen LogP contribution in [0.15, 0.2) is 12.1 Å². The zero-order valence-corrected chi connectivity index (χ0v) is 11.0. The number of nitrogen functional groups attached to an aromatic ring is 1. The van der Waals surface area contributed by atoms with E-state index >= 15 is 0 Å². The lowest BCUT2D eigenvalue weighted by molar-refractivity contribution is 0.133. The Labute approximate surface area is 112 Å². The van der Waals surface area contributed by atoms with E-state index in [-0.39, 0.29) is 11.9 Å². The van der Waals surface area contributed by atoms with Gasteiger partial charge in [0.05, 0.1) is 24.6 Å². The monoisotopic (exact) mass is 266 g/mol. The van der Waals surface area contributed by atoms with Gasteiger partial charge in [0.25, 0.3) is 0 Å². The van der Waals surface area contributed by atoms with Crippen molar-refractivity contribution in [2.24, 2.45) is 11.8 Å². The van der Waals surface area contributed by atoms with E-state index in [1.54, 1.807) is 6.07 Å². The molecule has 19 heavy (non-hydrogen) atoms. The van der Waals surface area contributed by atoms with Crippen LogP contribution in [0.1, 0.15) is 12.8 Å². The summed E-state index contributed by atoms with van der Waals surface area (Å²) in [6.45, 7) is 1.66. The quantitative estimate of drug-likeness (QED) is 0.799. The average Bonchev–Trinajstić information content (AvgIpc) is 2.92. The first-order chi connectivity index (χ1) is 9.10. The fourth-order valence-corrected chi connectivity index (χ4v) is 3.42. The first-order valence-corrected chi connectivity index (χ1v) is 6.66. The molecule has 0 radical (unpaired) electrons. The minimum atomic E-state index is -0.442. The number of aliphatic hydroxyl groups excluding tert-OH is 1. The van der Waals surface area contributed by atoms with Crippen molar-refractivity contribution >= 4 is 11.4 Å². The smallest absolute Gasteiger partial charge is 0.167 e. The van der Waals surface area contributed by atoms with Crippen LogP contribution in [0.25, 0.3) is 0 Å². The van der Waals surface area contributed by atoms with Crippen molar-refractivity contribution in [3.05, 3.63) is 17.9 Å². The second-order valence-electron chi connectivity index (χ2n) is 5.52. The van der Waals surface area contributed by atoms with Gasteiger partial charge in [-0.15, -0.1) is 0 Å². The van der Waals surface area contributed by atoms with E-state index in [0.717, 1.165) is 31.6 Å². The number of hydrogen-bond donors (Lipinski definition) is 2. The number of nitrogens with two attached hydrogens (primary N) is 1. The van der Waals surface area contributed by atoms with Crippen LogP contribution in [0.5, 0.6) is 5.75 Å². The molecule has 1 aliphatic carbocycles. The molecule has 1 saturated carbocycles. The Hall–Kier alpha value is -1.49.